The standard InChI is InChI=1S/C19H28N2O4S/c1-15(19(22)20-14-13-16-7-5-4-6-8-16)21(26(3,23)24)17-9-11-18(25-2)12-10-17/h7,9-12,15H,4-6,8,13-14H2,1-3H3,(H,20,22)/t15-/m0/s1. The number of rotatable bonds is 8. The first kappa shape index (κ1) is 20.3. The monoisotopic (exact) mass is 380 g/mol. The number of carbonyl (C=O) groups excluding carboxylic acids is 1. The van der Waals surface area contributed by atoms with Crippen molar-refractivity contribution in [1.29, 1.82) is 0 Å². The largest absolute Gasteiger partial charge is 0.497 e. The highest BCUT2D eigenvalue weighted by Crippen LogP contribution is 2.24. The topological polar surface area (TPSA) is 75.7 Å². The Bertz CT molecular complexity index is 741. The van der Waals surface area contributed by atoms with E-state index in [2.05, 4.69) is 11.4 Å². The van der Waals surface area contributed by atoms with Crippen LogP contribution in [0.15, 0.2) is 35.9 Å². The van der Waals surface area contributed by atoms with Gasteiger partial charge < -0.3 is 10.1 Å². The van der Waals surface area contributed by atoms with Crippen LogP contribution in [-0.4, -0.2) is 40.3 Å². The molecule has 0 bridgehead atoms. The number of amides is 1. The van der Waals surface area contributed by atoms with Crippen molar-refractivity contribution in [3.8, 4) is 5.75 Å². The average Bonchev–Trinajstić information content (AvgIpc) is 2.62. The summed E-state index contributed by atoms with van der Waals surface area (Å²) >= 11 is 0. The summed E-state index contributed by atoms with van der Waals surface area (Å²) in [6, 6.07) is 5.78. The molecule has 1 aliphatic rings. The minimum absolute atomic E-state index is 0.303. The molecule has 0 aromatic heterocycles. The maximum atomic E-state index is 12.5. The zero-order valence-electron chi connectivity index (χ0n) is 15.7. The van der Waals surface area contributed by atoms with Crippen LogP contribution in [0.2, 0.25) is 0 Å². The van der Waals surface area contributed by atoms with Crippen LogP contribution in [0.5, 0.6) is 5.75 Å². The van der Waals surface area contributed by atoms with Crippen molar-refractivity contribution in [1.82, 2.24) is 5.32 Å². The second-order valence-electron chi connectivity index (χ2n) is 6.58. The smallest absolute Gasteiger partial charge is 0.243 e. The molecule has 6 nitrogen and oxygen atoms in total. The van der Waals surface area contributed by atoms with E-state index in [-0.39, 0.29) is 5.91 Å². The fourth-order valence-electron chi connectivity index (χ4n) is 3.16. The Balaban J connectivity index is 2.04. The molecule has 7 heteroatoms. The van der Waals surface area contributed by atoms with Crippen LogP contribution in [0.1, 0.15) is 39.0 Å². The second-order valence-corrected chi connectivity index (χ2v) is 8.44. The predicted octanol–water partition coefficient (Wildman–Crippen LogP) is 2.86. The molecule has 1 aromatic rings. The maximum Gasteiger partial charge on any atom is 0.243 e. The van der Waals surface area contributed by atoms with Crippen molar-refractivity contribution in [2.24, 2.45) is 0 Å². The molecule has 1 aliphatic carbocycles. The molecule has 144 valence electrons. The van der Waals surface area contributed by atoms with Gasteiger partial charge in [0, 0.05) is 6.54 Å². The summed E-state index contributed by atoms with van der Waals surface area (Å²) in [5.41, 5.74) is 1.81. The average molecular weight is 381 g/mol. The fraction of sp³-hybridized carbons (Fsp3) is 0.526. The van der Waals surface area contributed by atoms with Gasteiger partial charge in [-0.15, -0.1) is 0 Å². The predicted molar refractivity (Wildman–Crippen MR) is 104 cm³/mol. The van der Waals surface area contributed by atoms with Crippen molar-refractivity contribution in [2.75, 3.05) is 24.2 Å². The minimum Gasteiger partial charge on any atom is -0.497 e. The van der Waals surface area contributed by atoms with Crippen molar-refractivity contribution in [3.05, 3.63) is 35.9 Å². The van der Waals surface area contributed by atoms with Crippen LogP contribution in [0, 0.1) is 0 Å². The summed E-state index contributed by atoms with van der Waals surface area (Å²) in [5, 5.41) is 2.86. The van der Waals surface area contributed by atoms with Crippen LogP contribution in [0.4, 0.5) is 5.69 Å². The van der Waals surface area contributed by atoms with Gasteiger partial charge in [-0.2, -0.15) is 0 Å². The van der Waals surface area contributed by atoms with E-state index in [9.17, 15) is 13.2 Å². The van der Waals surface area contributed by atoms with E-state index >= 15 is 0 Å². The highest BCUT2D eigenvalue weighted by atomic mass is 32.2. The lowest BCUT2D eigenvalue weighted by Gasteiger charge is -2.28. The number of ether oxygens (including phenoxy) is 1. The highest BCUT2D eigenvalue weighted by Gasteiger charge is 2.28. The number of allylic oxidation sites excluding steroid dienone is 1. The highest BCUT2D eigenvalue weighted by molar-refractivity contribution is 7.92. The van der Waals surface area contributed by atoms with Gasteiger partial charge in [-0.3, -0.25) is 9.10 Å². The quantitative estimate of drug-likeness (QED) is 0.704. The second kappa shape index (κ2) is 9.07. The number of sulfonamides is 1. The molecule has 0 saturated carbocycles. The van der Waals surface area contributed by atoms with Crippen molar-refractivity contribution in [2.45, 2.75) is 45.1 Å². The molecule has 1 amide bonds. The number of benzene rings is 1. The van der Waals surface area contributed by atoms with Gasteiger partial charge in [0.05, 0.1) is 19.1 Å². The van der Waals surface area contributed by atoms with Gasteiger partial charge in [0.15, 0.2) is 0 Å². The lowest BCUT2D eigenvalue weighted by atomic mass is 9.97. The summed E-state index contributed by atoms with van der Waals surface area (Å²) in [4.78, 5) is 12.5. The molecule has 1 atom stereocenters. The van der Waals surface area contributed by atoms with Crippen LogP contribution < -0.4 is 14.4 Å². The number of carbonyl (C=O) groups is 1. The van der Waals surface area contributed by atoms with Crippen molar-refractivity contribution < 1.29 is 17.9 Å². The van der Waals surface area contributed by atoms with E-state index in [0.717, 1.165) is 29.8 Å². The minimum atomic E-state index is -3.61. The molecule has 0 aliphatic heterocycles. The van der Waals surface area contributed by atoms with E-state index in [1.807, 2.05) is 0 Å². The van der Waals surface area contributed by atoms with Gasteiger partial charge in [0.25, 0.3) is 0 Å². The molecule has 0 heterocycles. The number of anilines is 1. The molecular weight excluding hydrogens is 352 g/mol. The SMILES string of the molecule is COc1ccc(N([C@@H](C)C(=O)NCCC2=CCCCC2)S(C)(=O)=O)cc1. The first-order valence-corrected chi connectivity index (χ1v) is 10.8. The molecule has 0 unspecified atom stereocenters. The molecule has 26 heavy (non-hydrogen) atoms. The van der Waals surface area contributed by atoms with Gasteiger partial charge in [0.1, 0.15) is 11.8 Å². The van der Waals surface area contributed by atoms with Gasteiger partial charge in [-0.25, -0.2) is 8.42 Å². The number of nitrogens with one attached hydrogen (secondary N) is 1. The Kier molecular flexibility index (Phi) is 7.08. The summed E-state index contributed by atoms with van der Waals surface area (Å²) in [5.74, 6) is 0.322. The number of nitrogens with zero attached hydrogens (tertiary/aromatic N) is 1. The first-order chi connectivity index (χ1) is 12.3. The third kappa shape index (κ3) is 5.49. The van der Waals surface area contributed by atoms with E-state index < -0.39 is 16.1 Å². The summed E-state index contributed by atoms with van der Waals surface area (Å²) in [6.45, 7) is 2.12. The molecular formula is C19H28N2O4S. The van der Waals surface area contributed by atoms with Gasteiger partial charge in [-0.05, 0) is 63.3 Å². The molecule has 2 rings (SSSR count). The normalized spacial score (nSPS) is 15.7. The Labute approximate surface area is 156 Å². The van der Waals surface area contributed by atoms with E-state index in [1.54, 1.807) is 38.3 Å². The van der Waals surface area contributed by atoms with Crippen molar-refractivity contribution in [3.63, 3.8) is 0 Å². The van der Waals surface area contributed by atoms with Crippen LogP contribution >= 0.6 is 0 Å². The summed E-state index contributed by atoms with van der Waals surface area (Å²) < 4.78 is 30.8. The third-order valence-electron chi connectivity index (χ3n) is 4.55. The van der Waals surface area contributed by atoms with Crippen LogP contribution in [0.25, 0.3) is 0 Å². The molecule has 0 radical (unpaired) electrons. The Morgan fingerprint density at radius 2 is 1.96 bits per heavy atom. The molecule has 0 spiro atoms. The summed E-state index contributed by atoms with van der Waals surface area (Å²) in [7, 11) is -2.06. The first-order valence-electron chi connectivity index (χ1n) is 8.92. The number of hydrogen-bond acceptors (Lipinski definition) is 4. The number of methoxy groups -OCH3 is 1. The van der Waals surface area contributed by atoms with E-state index in [4.69, 9.17) is 4.74 Å². The lowest BCUT2D eigenvalue weighted by molar-refractivity contribution is -0.121. The zero-order valence-corrected chi connectivity index (χ0v) is 16.5. The Morgan fingerprint density at radius 1 is 1.27 bits per heavy atom. The van der Waals surface area contributed by atoms with E-state index in [0.29, 0.717) is 18.0 Å². The van der Waals surface area contributed by atoms with E-state index in [1.165, 1.54) is 18.4 Å². The Morgan fingerprint density at radius 3 is 2.50 bits per heavy atom. The lowest BCUT2D eigenvalue weighted by Crippen LogP contribution is -2.48. The Hall–Kier alpha value is -2.02. The van der Waals surface area contributed by atoms with Gasteiger partial charge in [0.2, 0.25) is 15.9 Å². The number of hydrogen-bond donors (Lipinski definition) is 1. The fourth-order valence-corrected chi connectivity index (χ4v) is 4.34. The molecule has 0 saturated heterocycles. The molecule has 0 fully saturated rings. The third-order valence-corrected chi connectivity index (χ3v) is 5.79. The van der Waals surface area contributed by atoms with Crippen molar-refractivity contribution >= 4 is 21.6 Å². The molecule has 1 aromatic carbocycles. The van der Waals surface area contributed by atoms with Gasteiger partial charge >= 0.3 is 0 Å². The maximum absolute atomic E-state index is 12.5. The zero-order chi connectivity index (χ0) is 19.2. The summed E-state index contributed by atoms with van der Waals surface area (Å²) in [6.07, 6.45) is 8.81. The van der Waals surface area contributed by atoms with Gasteiger partial charge in [-0.1, -0.05) is 11.6 Å². The molecule has 1 N–H and O–H groups in total. The van der Waals surface area contributed by atoms with Crippen LogP contribution in [0.3, 0.4) is 0 Å². The van der Waals surface area contributed by atoms with Crippen LogP contribution in [-0.2, 0) is 14.8 Å².